The Kier molecular flexibility index (Phi) is 4.25. The number of fused-ring (bicyclic) bond motifs is 1. The molecule has 2 nitrogen and oxygen atoms in total. The van der Waals surface area contributed by atoms with Crippen molar-refractivity contribution in [3.8, 4) is 0 Å². The van der Waals surface area contributed by atoms with Gasteiger partial charge in [0.15, 0.2) is 0 Å². The lowest BCUT2D eigenvalue weighted by Gasteiger charge is -2.23. The SMILES string of the molecule is OC(CCCCC1CCOCC1)C1CC2CC2C1. The lowest BCUT2D eigenvalue weighted by Crippen LogP contribution is -2.19. The highest BCUT2D eigenvalue weighted by molar-refractivity contribution is 4.97. The summed E-state index contributed by atoms with van der Waals surface area (Å²) in [7, 11) is 0. The molecule has 3 rings (SSSR count). The van der Waals surface area contributed by atoms with Crippen LogP contribution in [0.5, 0.6) is 0 Å². The lowest BCUT2D eigenvalue weighted by atomic mass is 9.90. The molecule has 1 N–H and O–H groups in total. The average molecular weight is 252 g/mol. The van der Waals surface area contributed by atoms with E-state index in [9.17, 15) is 5.11 Å². The fourth-order valence-electron chi connectivity index (χ4n) is 4.13. The summed E-state index contributed by atoms with van der Waals surface area (Å²) in [5.74, 6) is 3.56. The number of hydrogen-bond acceptors (Lipinski definition) is 2. The van der Waals surface area contributed by atoms with Gasteiger partial charge in [0.1, 0.15) is 0 Å². The summed E-state index contributed by atoms with van der Waals surface area (Å²) >= 11 is 0. The first-order valence-corrected chi connectivity index (χ1v) is 8.08. The van der Waals surface area contributed by atoms with Gasteiger partial charge in [-0.15, -0.1) is 0 Å². The highest BCUT2D eigenvalue weighted by Gasteiger charge is 2.47. The topological polar surface area (TPSA) is 29.5 Å². The second-order valence-electron chi connectivity index (χ2n) is 6.89. The van der Waals surface area contributed by atoms with E-state index in [1.54, 1.807) is 0 Å². The Morgan fingerprint density at radius 1 is 1.00 bits per heavy atom. The number of hydrogen-bond donors (Lipinski definition) is 1. The molecule has 2 heteroatoms. The van der Waals surface area contributed by atoms with Gasteiger partial charge in [-0.05, 0) is 62.2 Å². The molecule has 0 spiro atoms. The van der Waals surface area contributed by atoms with Gasteiger partial charge in [-0.25, -0.2) is 0 Å². The molecule has 18 heavy (non-hydrogen) atoms. The minimum Gasteiger partial charge on any atom is -0.393 e. The zero-order chi connectivity index (χ0) is 12.4. The third kappa shape index (κ3) is 3.27. The average Bonchev–Trinajstić information content (AvgIpc) is 3.02. The summed E-state index contributed by atoms with van der Waals surface area (Å²) in [5, 5.41) is 10.2. The normalized spacial score (nSPS) is 37.5. The standard InChI is InChI=1S/C16H28O2/c17-16(15-10-13-9-14(13)11-15)4-2-1-3-12-5-7-18-8-6-12/h12-17H,1-11H2. The molecule has 0 aromatic heterocycles. The monoisotopic (exact) mass is 252 g/mol. The van der Waals surface area contributed by atoms with Gasteiger partial charge < -0.3 is 9.84 Å². The van der Waals surface area contributed by atoms with Crippen LogP contribution in [0, 0.1) is 23.7 Å². The number of rotatable bonds is 6. The van der Waals surface area contributed by atoms with Crippen LogP contribution in [-0.4, -0.2) is 24.4 Å². The third-order valence-electron chi connectivity index (χ3n) is 5.53. The zero-order valence-corrected chi connectivity index (χ0v) is 11.5. The second kappa shape index (κ2) is 5.92. The van der Waals surface area contributed by atoms with Gasteiger partial charge in [-0.1, -0.05) is 19.3 Å². The van der Waals surface area contributed by atoms with Gasteiger partial charge in [0.25, 0.3) is 0 Å². The van der Waals surface area contributed by atoms with Crippen molar-refractivity contribution < 1.29 is 9.84 Å². The van der Waals surface area contributed by atoms with Gasteiger partial charge in [-0.3, -0.25) is 0 Å². The summed E-state index contributed by atoms with van der Waals surface area (Å²) < 4.78 is 5.39. The quantitative estimate of drug-likeness (QED) is 0.734. The number of aliphatic hydroxyl groups is 1. The lowest BCUT2D eigenvalue weighted by molar-refractivity contribution is 0.0613. The molecule has 0 aromatic carbocycles. The van der Waals surface area contributed by atoms with Crippen LogP contribution in [0.2, 0.25) is 0 Å². The highest BCUT2D eigenvalue weighted by atomic mass is 16.5. The Morgan fingerprint density at radius 2 is 1.72 bits per heavy atom. The van der Waals surface area contributed by atoms with Crippen molar-refractivity contribution in [2.45, 2.75) is 63.9 Å². The van der Waals surface area contributed by atoms with E-state index in [1.807, 2.05) is 0 Å². The van der Waals surface area contributed by atoms with Gasteiger partial charge in [-0.2, -0.15) is 0 Å². The summed E-state index contributed by atoms with van der Waals surface area (Å²) in [6.45, 7) is 1.94. The van der Waals surface area contributed by atoms with Crippen LogP contribution in [0.3, 0.4) is 0 Å². The molecule has 1 saturated heterocycles. The first-order chi connectivity index (χ1) is 8.83. The van der Waals surface area contributed by atoms with Crippen molar-refractivity contribution in [3.63, 3.8) is 0 Å². The van der Waals surface area contributed by atoms with Gasteiger partial charge in [0.05, 0.1) is 6.10 Å². The molecule has 3 atom stereocenters. The minimum absolute atomic E-state index is 0.00693. The van der Waals surface area contributed by atoms with Crippen LogP contribution in [0.1, 0.15) is 57.8 Å². The Labute approximate surface area is 111 Å². The summed E-state index contributed by atoms with van der Waals surface area (Å²) in [4.78, 5) is 0. The Bertz CT molecular complexity index is 250. The van der Waals surface area contributed by atoms with Crippen molar-refractivity contribution in [1.29, 1.82) is 0 Å². The predicted molar refractivity (Wildman–Crippen MR) is 72.3 cm³/mol. The molecule has 0 radical (unpaired) electrons. The van der Waals surface area contributed by atoms with Crippen LogP contribution in [0.15, 0.2) is 0 Å². The van der Waals surface area contributed by atoms with Crippen molar-refractivity contribution in [2.24, 2.45) is 23.7 Å². The Morgan fingerprint density at radius 3 is 2.44 bits per heavy atom. The molecule has 0 bridgehead atoms. The van der Waals surface area contributed by atoms with Gasteiger partial charge in [0.2, 0.25) is 0 Å². The molecule has 2 saturated carbocycles. The fraction of sp³-hybridized carbons (Fsp3) is 1.00. The molecule has 0 aromatic rings. The van der Waals surface area contributed by atoms with Crippen LogP contribution in [0.25, 0.3) is 0 Å². The molecular weight excluding hydrogens is 224 g/mol. The fourth-order valence-corrected chi connectivity index (χ4v) is 4.13. The summed E-state index contributed by atoms with van der Waals surface area (Å²) in [6, 6.07) is 0. The van der Waals surface area contributed by atoms with Crippen LogP contribution in [-0.2, 0) is 4.74 Å². The first-order valence-electron chi connectivity index (χ1n) is 8.08. The van der Waals surface area contributed by atoms with Crippen molar-refractivity contribution in [1.82, 2.24) is 0 Å². The largest absolute Gasteiger partial charge is 0.393 e. The molecular formula is C16H28O2. The molecule has 104 valence electrons. The molecule has 3 aliphatic rings. The number of aliphatic hydroxyl groups excluding tert-OH is 1. The Hall–Kier alpha value is -0.0800. The van der Waals surface area contributed by atoms with Crippen molar-refractivity contribution >= 4 is 0 Å². The molecule has 1 aliphatic heterocycles. The van der Waals surface area contributed by atoms with E-state index in [0.717, 1.165) is 37.4 Å². The molecule has 1 heterocycles. The predicted octanol–water partition coefficient (Wildman–Crippen LogP) is 3.38. The smallest absolute Gasteiger partial charge is 0.0568 e. The molecule has 2 aliphatic carbocycles. The van der Waals surface area contributed by atoms with Crippen LogP contribution >= 0.6 is 0 Å². The van der Waals surface area contributed by atoms with E-state index in [2.05, 4.69) is 0 Å². The van der Waals surface area contributed by atoms with Crippen molar-refractivity contribution in [3.05, 3.63) is 0 Å². The number of ether oxygens (including phenoxy) is 1. The minimum atomic E-state index is 0.00693. The van der Waals surface area contributed by atoms with Crippen LogP contribution < -0.4 is 0 Å². The maximum Gasteiger partial charge on any atom is 0.0568 e. The van der Waals surface area contributed by atoms with E-state index >= 15 is 0 Å². The second-order valence-corrected chi connectivity index (χ2v) is 6.89. The molecule has 3 fully saturated rings. The molecule has 0 amide bonds. The first kappa shape index (κ1) is 12.9. The highest BCUT2D eigenvalue weighted by Crippen LogP contribution is 2.55. The molecule has 3 unspecified atom stereocenters. The van der Waals surface area contributed by atoms with E-state index in [1.165, 1.54) is 51.4 Å². The maximum absolute atomic E-state index is 10.2. The van der Waals surface area contributed by atoms with Gasteiger partial charge >= 0.3 is 0 Å². The van der Waals surface area contributed by atoms with E-state index in [0.29, 0.717) is 5.92 Å². The van der Waals surface area contributed by atoms with Crippen LogP contribution in [0.4, 0.5) is 0 Å². The number of unbranched alkanes of at least 4 members (excludes halogenated alkanes) is 1. The summed E-state index contributed by atoms with van der Waals surface area (Å²) in [5.41, 5.74) is 0. The maximum atomic E-state index is 10.2. The van der Waals surface area contributed by atoms with E-state index in [-0.39, 0.29) is 6.10 Å². The van der Waals surface area contributed by atoms with Gasteiger partial charge in [0, 0.05) is 13.2 Å². The Balaban J connectivity index is 1.25. The third-order valence-corrected chi connectivity index (χ3v) is 5.53. The summed E-state index contributed by atoms with van der Waals surface area (Å²) in [6.07, 6.45) is 11.6. The zero-order valence-electron chi connectivity index (χ0n) is 11.5. The van der Waals surface area contributed by atoms with E-state index in [4.69, 9.17) is 4.74 Å². The van der Waals surface area contributed by atoms with E-state index < -0.39 is 0 Å². The van der Waals surface area contributed by atoms with Crippen molar-refractivity contribution in [2.75, 3.05) is 13.2 Å².